The molecule has 0 bridgehead atoms. The SMILES string of the molecule is CCc1ccc(OCC(O)[CH]O)cc1. The molecule has 1 radical (unpaired) electrons. The minimum Gasteiger partial charge on any atom is -0.491 e. The van der Waals surface area contributed by atoms with Crippen LogP contribution < -0.4 is 4.74 Å². The van der Waals surface area contributed by atoms with E-state index < -0.39 is 6.10 Å². The zero-order valence-corrected chi connectivity index (χ0v) is 8.18. The van der Waals surface area contributed by atoms with Gasteiger partial charge >= 0.3 is 0 Å². The van der Waals surface area contributed by atoms with Crippen LogP contribution in [0.3, 0.4) is 0 Å². The summed E-state index contributed by atoms with van der Waals surface area (Å²) in [5.41, 5.74) is 1.24. The number of ether oxygens (including phenoxy) is 1. The Morgan fingerprint density at radius 1 is 1.36 bits per heavy atom. The number of aliphatic hydroxyl groups is 2. The quantitative estimate of drug-likeness (QED) is 0.749. The van der Waals surface area contributed by atoms with Gasteiger partial charge < -0.3 is 14.9 Å². The smallest absolute Gasteiger partial charge is 0.119 e. The number of hydrogen-bond donors (Lipinski definition) is 2. The topological polar surface area (TPSA) is 49.7 Å². The lowest BCUT2D eigenvalue weighted by Crippen LogP contribution is -2.17. The van der Waals surface area contributed by atoms with Gasteiger partial charge in [-0.3, -0.25) is 0 Å². The van der Waals surface area contributed by atoms with Crippen molar-refractivity contribution in [3.8, 4) is 5.75 Å². The van der Waals surface area contributed by atoms with E-state index in [1.165, 1.54) is 5.56 Å². The van der Waals surface area contributed by atoms with Crippen LogP contribution in [0.25, 0.3) is 0 Å². The average molecular weight is 195 g/mol. The third-order valence-electron chi connectivity index (χ3n) is 1.92. The van der Waals surface area contributed by atoms with E-state index in [9.17, 15) is 0 Å². The highest BCUT2D eigenvalue weighted by Gasteiger charge is 2.02. The molecule has 1 unspecified atom stereocenters. The van der Waals surface area contributed by atoms with E-state index in [1.54, 1.807) is 0 Å². The Bertz CT molecular complexity index is 256. The van der Waals surface area contributed by atoms with Gasteiger partial charge in [0.1, 0.15) is 25.1 Å². The van der Waals surface area contributed by atoms with Gasteiger partial charge in [-0.25, -0.2) is 0 Å². The highest BCUT2D eigenvalue weighted by molar-refractivity contribution is 5.27. The lowest BCUT2D eigenvalue weighted by molar-refractivity contribution is 0.0915. The van der Waals surface area contributed by atoms with Crippen LogP contribution in [0.15, 0.2) is 24.3 Å². The molecule has 0 spiro atoms. The highest BCUT2D eigenvalue weighted by Crippen LogP contribution is 2.12. The summed E-state index contributed by atoms with van der Waals surface area (Å²) in [6.07, 6.45) is 0.0636. The normalized spacial score (nSPS) is 12.5. The Labute approximate surface area is 84.0 Å². The van der Waals surface area contributed by atoms with E-state index in [0.29, 0.717) is 12.4 Å². The fourth-order valence-corrected chi connectivity index (χ4v) is 1.05. The number of rotatable bonds is 5. The summed E-state index contributed by atoms with van der Waals surface area (Å²) < 4.78 is 5.22. The molecule has 0 amide bonds. The minimum absolute atomic E-state index is 0.0714. The predicted molar refractivity (Wildman–Crippen MR) is 53.6 cm³/mol. The van der Waals surface area contributed by atoms with Crippen molar-refractivity contribution in [3.63, 3.8) is 0 Å². The van der Waals surface area contributed by atoms with Crippen LogP contribution in [0.5, 0.6) is 5.75 Å². The minimum atomic E-state index is -0.930. The number of benzene rings is 1. The number of hydrogen-bond acceptors (Lipinski definition) is 3. The third-order valence-corrected chi connectivity index (χ3v) is 1.92. The standard InChI is InChI=1S/C11H15O3/c1-2-9-3-5-11(6-4-9)14-8-10(13)7-12/h3-7,10,12-13H,2,8H2,1H3. The molecule has 0 aliphatic rings. The van der Waals surface area contributed by atoms with E-state index in [2.05, 4.69) is 6.92 Å². The van der Waals surface area contributed by atoms with E-state index in [-0.39, 0.29) is 6.61 Å². The van der Waals surface area contributed by atoms with E-state index in [4.69, 9.17) is 14.9 Å². The first-order valence-electron chi connectivity index (χ1n) is 4.63. The first-order chi connectivity index (χ1) is 6.76. The molecule has 1 atom stereocenters. The molecule has 1 rings (SSSR count). The molecule has 14 heavy (non-hydrogen) atoms. The maximum Gasteiger partial charge on any atom is 0.119 e. The largest absolute Gasteiger partial charge is 0.491 e. The summed E-state index contributed by atoms with van der Waals surface area (Å²) in [7, 11) is 0. The molecule has 0 aliphatic carbocycles. The lowest BCUT2D eigenvalue weighted by atomic mass is 10.2. The molecular formula is C11H15O3. The van der Waals surface area contributed by atoms with Gasteiger partial charge in [0.15, 0.2) is 0 Å². The van der Waals surface area contributed by atoms with Crippen LogP contribution in [-0.4, -0.2) is 22.9 Å². The van der Waals surface area contributed by atoms with Gasteiger partial charge in [0, 0.05) is 0 Å². The summed E-state index contributed by atoms with van der Waals surface area (Å²) in [4.78, 5) is 0. The summed E-state index contributed by atoms with van der Waals surface area (Å²) >= 11 is 0. The van der Waals surface area contributed by atoms with Crippen molar-refractivity contribution in [1.82, 2.24) is 0 Å². The second-order valence-corrected chi connectivity index (χ2v) is 3.02. The second kappa shape index (κ2) is 5.62. The van der Waals surface area contributed by atoms with Crippen molar-refractivity contribution in [1.29, 1.82) is 0 Å². The molecule has 0 aromatic heterocycles. The lowest BCUT2D eigenvalue weighted by Gasteiger charge is -2.09. The first kappa shape index (κ1) is 11.0. The van der Waals surface area contributed by atoms with Crippen molar-refractivity contribution in [2.75, 3.05) is 6.61 Å². The van der Waals surface area contributed by atoms with E-state index >= 15 is 0 Å². The van der Waals surface area contributed by atoms with Gasteiger partial charge in [0.25, 0.3) is 0 Å². The number of aryl methyl sites for hydroxylation is 1. The Morgan fingerprint density at radius 2 is 2.00 bits per heavy atom. The van der Waals surface area contributed by atoms with Crippen molar-refractivity contribution in [2.24, 2.45) is 0 Å². The predicted octanol–water partition coefficient (Wildman–Crippen LogP) is 1.52. The van der Waals surface area contributed by atoms with Crippen LogP contribution >= 0.6 is 0 Å². The Balaban J connectivity index is 2.43. The molecule has 0 heterocycles. The molecular weight excluding hydrogens is 180 g/mol. The Kier molecular flexibility index (Phi) is 4.43. The van der Waals surface area contributed by atoms with Gasteiger partial charge in [-0.2, -0.15) is 0 Å². The summed E-state index contributed by atoms with van der Waals surface area (Å²) in [5, 5.41) is 17.4. The van der Waals surface area contributed by atoms with Gasteiger partial charge in [0.05, 0.1) is 0 Å². The van der Waals surface area contributed by atoms with Gasteiger partial charge in [-0.1, -0.05) is 19.1 Å². The maximum absolute atomic E-state index is 8.99. The molecule has 1 aromatic carbocycles. The summed E-state index contributed by atoms with van der Waals surface area (Å²) in [6, 6.07) is 7.65. The average Bonchev–Trinajstić information content (AvgIpc) is 2.26. The fourth-order valence-electron chi connectivity index (χ4n) is 1.05. The van der Waals surface area contributed by atoms with E-state index in [0.717, 1.165) is 6.42 Å². The van der Waals surface area contributed by atoms with Crippen molar-refractivity contribution < 1.29 is 14.9 Å². The van der Waals surface area contributed by atoms with Crippen molar-refractivity contribution in [3.05, 3.63) is 36.4 Å². The van der Waals surface area contributed by atoms with Gasteiger partial charge in [0.2, 0.25) is 0 Å². The second-order valence-electron chi connectivity index (χ2n) is 3.02. The molecule has 0 aliphatic heterocycles. The molecule has 0 fully saturated rings. The van der Waals surface area contributed by atoms with E-state index in [1.807, 2.05) is 24.3 Å². The van der Waals surface area contributed by atoms with Crippen molar-refractivity contribution >= 4 is 0 Å². The molecule has 3 nitrogen and oxygen atoms in total. The Morgan fingerprint density at radius 3 is 2.50 bits per heavy atom. The van der Waals surface area contributed by atoms with Crippen LogP contribution in [0, 0.1) is 6.61 Å². The zero-order valence-electron chi connectivity index (χ0n) is 8.18. The van der Waals surface area contributed by atoms with Crippen molar-refractivity contribution in [2.45, 2.75) is 19.4 Å². The van der Waals surface area contributed by atoms with Crippen LogP contribution in [0.1, 0.15) is 12.5 Å². The molecule has 77 valence electrons. The van der Waals surface area contributed by atoms with Gasteiger partial charge in [-0.15, -0.1) is 0 Å². The highest BCUT2D eigenvalue weighted by atomic mass is 16.5. The monoisotopic (exact) mass is 195 g/mol. The fraction of sp³-hybridized carbons (Fsp3) is 0.364. The van der Waals surface area contributed by atoms with Crippen LogP contribution in [-0.2, 0) is 6.42 Å². The van der Waals surface area contributed by atoms with Gasteiger partial charge in [-0.05, 0) is 24.1 Å². The Hall–Kier alpha value is -1.06. The molecule has 0 saturated heterocycles. The summed E-state index contributed by atoms with van der Waals surface area (Å²) in [6.45, 7) is 2.86. The molecule has 3 heteroatoms. The maximum atomic E-state index is 8.99. The molecule has 0 saturated carbocycles. The number of aliphatic hydroxyl groups excluding tert-OH is 2. The van der Waals surface area contributed by atoms with Crippen LogP contribution in [0.2, 0.25) is 0 Å². The molecule has 2 N–H and O–H groups in total. The third kappa shape index (κ3) is 3.36. The zero-order chi connectivity index (χ0) is 10.4. The molecule has 1 aromatic rings. The summed E-state index contributed by atoms with van der Waals surface area (Å²) in [5.74, 6) is 0.697. The first-order valence-corrected chi connectivity index (χ1v) is 4.63. The van der Waals surface area contributed by atoms with Crippen LogP contribution in [0.4, 0.5) is 0 Å².